The molecule has 122 valence electrons. The van der Waals surface area contributed by atoms with E-state index in [0.717, 1.165) is 0 Å². The number of rotatable bonds is 7. The summed E-state index contributed by atoms with van der Waals surface area (Å²) in [5, 5.41) is 5.38. The largest absolute Gasteiger partial charge is 0.493 e. The fourth-order valence-corrected chi connectivity index (χ4v) is 1.98. The first-order valence-corrected chi connectivity index (χ1v) is 7.35. The van der Waals surface area contributed by atoms with Crippen molar-refractivity contribution in [2.45, 2.75) is 26.9 Å². The molecule has 0 fully saturated rings. The predicted octanol–water partition coefficient (Wildman–Crippen LogP) is 2.00. The Hall–Kier alpha value is -1.95. The zero-order valence-corrected chi connectivity index (χ0v) is 13.9. The van der Waals surface area contributed by atoms with E-state index in [-0.39, 0.29) is 23.6 Å². The van der Waals surface area contributed by atoms with E-state index in [1.807, 2.05) is 13.8 Å². The van der Waals surface area contributed by atoms with E-state index >= 15 is 0 Å². The number of likely N-dealkylation sites (N-methyl/N-ethyl adjacent to an activating group) is 1. The molecule has 0 aliphatic rings. The van der Waals surface area contributed by atoms with Crippen LogP contribution >= 0.6 is 11.6 Å². The topological polar surface area (TPSA) is 76.7 Å². The molecular formula is C15H21ClN2O4. The Morgan fingerprint density at radius 3 is 2.50 bits per heavy atom. The number of carbonyl (C=O) groups is 2. The zero-order chi connectivity index (χ0) is 16.7. The second-order valence-electron chi connectivity index (χ2n) is 4.79. The van der Waals surface area contributed by atoms with Crippen LogP contribution in [-0.2, 0) is 4.79 Å². The van der Waals surface area contributed by atoms with Gasteiger partial charge in [-0.2, -0.15) is 0 Å². The lowest BCUT2D eigenvalue weighted by Crippen LogP contribution is -2.36. The van der Waals surface area contributed by atoms with Gasteiger partial charge < -0.3 is 20.1 Å². The summed E-state index contributed by atoms with van der Waals surface area (Å²) in [6, 6.07) is 3.01. The average Bonchev–Trinajstić information content (AvgIpc) is 2.46. The molecule has 0 saturated carbocycles. The number of amides is 2. The fraction of sp³-hybridized carbons (Fsp3) is 0.467. The molecule has 22 heavy (non-hydrogen) atoms. The summed E-state index contributed by atoms with van der Waals surface area (Å²) in [7, 11) is 1.47. The molecule has 0 bridgehead atoms. The molecule has 6 nitrogen and oxygen atoms in total. The second-order valence-corrected chi connectivity index (χ2v) is 5.20. The number of halogens is 1. The number of benzene rings is 1. The molecule has 1 rings (SSSR count). The molecule has 1 aromatic rings. The lowest BCUT2D eigenvalue weighted by atomic mass is 10.2. The second kappa shape index (κ2) is 8.48. The van der Waals surface area contributed by atoms with Gasteiger partial charge in [0.15, 0.2) is 11.5 Å². The Morgan fingerprint density at radius 1 is 1.27 bits per heavy atom. The Bertz CT molecular complexity index is 547. The fourth-order valence-electron chi connectivity index (χ4n) is 1.72. The molecule has 1 aromatic carbocycles. The van der Waals surface area contributed by atoms with Crippen LogP contribution in [0.5, 0.6) is 11.5 Å². The summed E-state index contributed by atoms with van der Waals surface area (Å²) in [6.07, 6.45) is -0.0798. The highest BCUT2D eigenvalue weighted by Gasteiger charge is 2.17. The Balaban J connectivity index is 2.89. The van der Waals surface area contributed by atoms with E-state index in [2.05, 4.69) is 10.6 Å². The first kappa shape index (κ1) is 18.1. The van der Waals surface area contributed by atoms with Crippen molar-refractivity contribution in [2.24, 2.45) is 0 Å². The Kier molecular flexibility index (Phi) is 6.98. The number of hydrogen-bond donors (Lipinski definition) is 2. The molecule has 0 aliphatic heterocycles. The molecule has 0 atom stereocenters. The first-order valence-electron chi connectivity index (χ1n) is 6.98. The third-order valence-electron chi connectivity index (χ3n) is 2.63. The van der Waals surface area contributed by atoms with Crippen LogP contribution in [0.1, 0.15) is 31.1 Å². The van der Waals surface area contributed by atoms with Crippen LogP contribution in [-0.4, -0.2) is 38.1 Å². The lowest BCUT2D eigenvalue weighted by Gasteiger charge is -2.16. The first-order chi connectivity index (χ1) is 10.4. The van der Waals surface area contributed by atoms with Crippen molar-refractivity contribution < 1.29 is 19.1 Å². The third-order valence-corrected chi connectivity index (χ3v) is 2.91. The maximum atomic E-state index is 12.1. The van der Waals surface area contributed by atoms with Crippen LogP contribution in [0.4, 0.5) is 0 Å². The zero-order valence-electron chi connectivity index (χ0n) is 13.2. The van der Waals surface area contributed by atoms with Crippen LogP contribution in [0.25, 0.3) is 0 Å². The van der Waals surface area contributed by atoms with E-state index in [1.165, 1.54) is 19.2 Å². The van der Waals surface area contributed by atoms with Gasteiger partial charge in [0.1, 0.15) is 0 Å². The molecule has 2 N–H and O–H groups in total. The number of ether oxygens (including phenoxy) is 2. The van der Waals surface area contributed by atoms with E-state index < -0.39 is 5.91 Å². The molecule has 0 unspecified atom stereocenters. The van der Waals surface area contributed by atoms with Gasteiger partial charge in [-0.15, -0.1) is 0 Å². The molecule has 0 radical (unpaired) electrons. The van der Waals surface area contributed by atoms with Crippen LogP contribution in [0.15, 0.2) is 12.1 Å². The molecule has 0 saturated heterocycles. The number of methoxy groups -OCH3 is 1. The molecule has 2 amide bonds. The van der Waals surface area contributed by atoms with Crippen molar-refractivity contribution in [3.05, 3.63) is 22.7 Å². The molecule has 0 aromatic heterocycles. The van der Waals surface area contributed by atoms with Crippen LogP contribution in [0, 0.1) is 0 Å². The van der Waals surface area contributed by atoms with Gasteiger partial charge in [-0.25, -0.2) is 0 Å². The summed E-state index contributed by atoms with van der Waals surface area (Å²) < 4.78 is 10.8. The predicted molar refractivity (Wildman–Crippen MR) is 84.8 cm³/mol. The summed E-state index contributed by atoms with van der Waals surface area (Å²) in [4.78, 5) is 23.4. The summed E-state index contributed by atoms with van der Waals surface area (Å²) in [6.45, 7) is 5.94. The third kappa shape index (κ3) is 5.11. The Labute approximate surface area is 135 Å². The van der Waals surface area contributed by atoms with Gasteiger partial charge in [0, 0.05) is 12.1 Å². The monoisotopic (exact) mass is 328 g/mol. The molecule has 0 heterocycles. The van der Waals surface area contributed by atoms with Gasteiger partial charge in [0.2, 0.25) is 5.91 Å². The highest BCUT2D eigenvalue weighted by molar-refractivity contribution is 6.32. The SMILES string of the molecule is CCNC(=O)CNC(=O)c1cc(Cl)c(OC(C)C)c(OC)c1. The molecule has 7 heteroatoms. The van der Waals surface area contributed by atoms with Crippen LogP contribution in [0.3, 0.4) is 0 Å². The van der Waals surface area contributed by atoms with Crippen molar-refractivity contribution >= 4 is 23.4 Å². The highest BCUT2D eigenvalue weighted by Crippen LogP contribution is 2.37. The number of carbonyl (C=O) groups excluding carboxylic acids is 2. The maximum Gasteiger partial charge on any atom is 0.251 e. The number of hydrogen-bond acceptors (Lipinski definition) is 4. The van der Waals surface area contributed by atoms with Gasteiger partial charge in [0.05, 0.1) is 24.8 Å². The molecular weight excluding hydrogens is 308 g/mol. The number of nitrogens with one attached hydrogen (secondary N) is 2. The minimum atomic E-state index is -0.414. The standard InChI is InChI=1S/C15H21ClN2O4/c1-5-17-13(19)8-18-15(20)10-6-11(16)14(22-9(2)3)12(7-10)21-4/h6-7,9H,5,8H2,1-4H3,(H,17,19)(H,18,20). The van der Waals surface area contributed by atoms with E-state index in [9.17, 15) is 9.59 Å². The van der Waals surface area contributed by atoms with Crippen molar-refractivity contribution in [2.75, 3.05) is 20.2 Å². The minimum absolute atomic E-state index is 0.0798. The van der Waals surface area contributed by atoms with Crippen molar-refractivity contribution in [1.82, 2.24) is 10.6 Å². The highest BCUT2D eigenvalue weighted by atomic mass is 35.5. The van der Waals surface area contributed by atoms with Gasteiger partial charge in [-0.1, -0.05) is 11.6 Å². The lowest BCUT2D eigenvalue weighted by molar-refractivity contribution is -0.120. The molecule has 0 aliphatic carbocycles. The van der Waals surface area contributed by atoms with E-state index in [0.29, 0.717) is 23.6 Å². The summed E-state index contributed by atoms with van der Waals surface area (Å²) in [5.41, 5.74) is 0.294. The van der Waals surface area contributed by atoms with Gasteiger partial charge in [0.25, 0.3) is 5.91 Å². The van der Waals surface area contributed by atoms with Gasteiger partial charge in [-0.05, 0) is 32.9 Å². The van der Waals surface area contributed by atoms with Gasteiger partial charge >= 0.3 is 0 Å². The van der Waals surface area contributed by atoms with E-state index in [4.69, 9.17) is 21.1 Å². The van der Waals surface area contributed by atoms with Crippen molar-refractivity contribution in [3.63, 3.8) is 0 Å². The normalized spacial score (nSPS) is 10.3. The minimum Gasteiger partial charge on any atom is -0.493 e. The summed E-state index contributed by atoms with van der Waals surface area (Å²) in [5.74, 6) is 0.0834. The molecule has 0 spiro atoms. The van der Waals surface area contributed by atoms with E-state index in [1.54, 1.807) is 6.92 Å². The maximum absolute atomic E-state index is 12.1. The quantitative estimate of drug-likeness (QED) is 0.802. The Morgan fingerprint density at radius 2 is 1.95 bits per heavy atom. The van der Waals surface area contributed by atoms with Crippen LogP contribution < -0.4 is 20.1 Å². The average molecular weight is 329 g/mol. The smallest absolute Gasteiger partial charge is 0.251 e. The van der Waals surface area contributed by atoms with Crippen LogP contribution in [0.2, 0.25) is 5.02 Å². The van der Waals surface area contributed by atoms with Crippen molar-refractivity contribution in [1.29, 1.82) is 0 Å². The van der Waals surface area contributed by atoms with Crippen molar-refractivity contribution in [3.8, 4) is 11.5 Å². The summed E-state index contributed by atoms with van der Waals surface area (Å²) >= 11 is 6.15. The van der Waals surface area contributed by atoms with Gasteiger partial charge in [-0.3, -0.25) is 9.59 Å².